The Hall–Kier alpha value is -3.03. The summed E-state index contributed by atoms with van der Waals surface area (Å²) in [5.74, 6) is 2.27. The maximum Gasteiger partial charge on any atom is 0.138 e. The van der Waals surface area contributed by atoms with E-state index >= 15 is 0 Å². The number of nitrogens with two attached hydrogens (primary N) is 1. The standard InChI is InChI=1S/C22H24N4O2S/c1-15(20(23)10-12-24-2)26-29-18-7-4-16(5-8-18)28-22-11-13-25-21-14-17(27-3)6-9-19(21)22/h4-15,26H,23H2,1-3H3/b20-10-,24-12?. The lowest BCUT2D eigenvalue weighted by Gasteiger charge is -2.13. The summed E-state index contributed by atoms with van der Waals surface area (Å²) in [7, 11) is 3.35. The Morgan fingerprint density at radius 1 is 1.17 bits per heavy atom. The van der Waals surface area contributed by atoms with Gasteiger partial charge in [-0.2, -0.15) is 0 Å². The van der Waals surface area contributed by atoms with Gasteiger partial charge >= 0.3 is 0 Å². The van der Waals surface area contributed by atoms with E-state index < -0.39 is 0 Å². The average molecular weight is 409 g/mol. The van der Waals surface area contributed by atoms with Gasteiger partial charge in [0, 0.05) is 41.5 Å². The first-order chi connectivity index (χ1) is 14.1. The van der Waals surface area contributed by atoms with Gasteiger partial charge in [0.1, 0.15) is 17.2 Å². The van der Waals surface area contributed by atoms with E-state index in [-0.39, 0.29) is 6.04 Å². The van der Waals surface area contributed by atoms with Crippen LogP contribution in [0.5, 0.6) is 17.2 Å². The molecule has 1 heterocycles. The van der Waals surface area contributed by atoms with Crippen LogP contribution in [-0.2, 0) is 0 Å². The van der Waals surface area contributed by atoms with Crippen molar-refractivity contribution in [2.24, 2.45) is 10.7 Å². The number of methoxy groups -OCH3 is 1. The van der Waals surface area contributed by atoms with E-state index in [1.807, 2.05) is 55.5 Å². The lowest BCUT2D eigenvalue weighted by Crippen LogP contribution is -2.26. The Balaban J connectivity index is 1.66. The summed E-state index contributed by atoms with van der Waals surface area (Å²) < 4.78 is 14.6. The number of aromatic nitrogens is 1. The zero-order chi connectivity index (χ0) is 20.6. The van der Waals surface area contributed by atoms with Crippen molar-refractivity contribution < 1.29 is 9.47 Å². The molecule has 29 heavy (non-hydrogen) atoms. The van der Waals surface area contributed by atoms with Gasteiger partial charge in [0.2, 0.25) is 0 Å². The molecule has 0 radical (unpaired) electrons. The highest BCUT2D eigenvalue weighted by Crippen LogP contribution is 2.31. The summed E-state index contributed by atoms with van der Waals surface area (Å²) in [5, 5.41) is 0.931. The van der Waals surface area contributed by atoms with E-state index in [4.69, 9.17) is 15.2 Å². The van der Waals surface area contributed by atoms with Crippen molar-refractivity contribution in [1.29, 1.82) is 0 Å². The van der Waals surface area contributed by atoms with E-state index in [0.717, 1.165) is 38.7 Å². The van der Waals surface area contributed by atoms with Gasteiger partial charge in [0.15, 0.2) is 0 Å². The van der Waals surface area contributed by atoms with Crippen LogP contribution in [0.3, 0.4) is 0 Å². The molecule has 1 atom stereocenters. The van der Waals surface area contributed by atoms with E-state index in [1.165, 1.54) is 11.9 Å². The van der Waals surface area contributed by atoms with Crippen LogP contribution in [0, 0.1) is 0 Å². The van der Waals surface area contributed by atoms with Gasteiger partial charge in [-0.15, -0.1) is 0 Å². The molecule has 150 valence electrons. The Morgan fingerprint density at radius 2 is 1.93 bits per heavy atom. The summed E-state index contributed by atoms with van der Waals surface area (Å²) >= 11 is 1.52. The fourth-order valence-corrected chi connectivity index (χ4v) is 3.27. The third kappa shape index (κ3) is 5.49. The van der Waals surface area contributed by atoms with Crippen molar-refractivity contribution in [2.45, 2.75) is 17.9 Å². The molecule has 3 aromatic rings. The average Bonchev–Trinajstić information content (AvgIpc) is 2.76. The maximum atomic E-state index is 6.07. The van der Waals surface area contributed by atoms with Crippen molar-refractivity contribution >= 4 is 29.1 Å². The predicted molar refractivity (Wildman–Crippen MR) is 120 cm³/mol. The number of nitrogens with zero attached hydrogens (tertiary/aromatic N) is 2. The highest BCUT2D eigenvalue weighted by atomic mass is 32.2. The lowest BCUT2D eigenvalue weighted by molar-refractivity contribution is 0.415. The van der Waals surface area contributed by atoms with Crippen LogP contribution in [0.2, 0.25) is 0 Å². The number of ether oxygens (including phenoxy) is 2. The highest BCUT2D eigenvalue weighted by molar-refractivity contribution is 7.97. The number of pyridine rings is 1. The molecular formula is C22H24N4O2S. The Morgan fingerprint density at radius 3 is 2.66 bits per heavy atom. The SMILES string of the molecule is CN=C/C=C(\N)C(C)NSc1ccc(Oc2ccnc3cc(OC)ccc23)cc1. The van der Waals surface area contributed by atoms with Gasteiger partial charge in [-0.05, 0) is 67.4 Å². The molecule has 7 heteroatoms. The maximum absolute atomic E-state index is 6.07. The Labute approximate surface area is 175 Å². The topological polar surface area (TPSA) is 81.8 Å². The molecule has 3 N–H and O–H groups in total. The number of benzene rings is 2. The normalized spacial score (nSPS) is 13.0. The van der Waals surface area contributed by atoms with E-state index in [1.54, 1.807) is 32.6 Å². The first-order valence-corrected chi connectivity index (χ1v) is 9.93. The van der Waals surface area contributed by atoms with Crippen LogP contribution in [-0.4, -0.2) is 31.4 Å². The molecule has 0 bridgehead atoms. The quantitative estimate of drug-likeness (QED) is 0.420. The minimum atomic E-state index is 0.0223. The van der Waals surface area contributed by atoms with Crippen LogP contribution >= 0.6 is 11.9 Å². The van der Waals surface area contributed by atoms with Gasteiger partial charge in [-0.25, -0.2) is 0 Å². The van der Waals surface area contributed by atoms with Gasteiger partial charge in [0.25, 0.3) is 0 Å². The van der Waals surface area contributed by atoms with Gasteiger partial charge in [-0.1, -0.05) is 0 Å². The van der Waals surface area contributed by atoms with Crippen molar-refractivity contribution in [3.05, 3.63) is 66.5 Å². The van der Waals surface area contributed by atoms with Crippen LogP contribution < -0.4 is 19.9 Å². The van der Waals surface area contributed by atoms with Gasteiger partial charge in [-0.3, -0.25) is 14.7 Å². The van der Waals surface area contributed by atoms with Crippen molar-refractivity contribution in [3.63, 3.8) is 0 Å². The summed E-state index contributed by atoms with van der Waals surface area (Å²) in [6.45, 7) is 2.00. The first-order valence-electron chi connectivity index (χ1n) is 9.11. The number of hydrogen-bond donors (Lipinski definition) is 2. The zero-order valence-electron chi connectivity index (χ0n) is 16.6. The van der Waals surface area contributed by atoms with Crippen LogP contribution in [0.1, 0.15) is 6.92 Å². The molecule has 6 nitrogen and oxygen atoms in total. The molecule has 0 aliphatic carbocycles. The van der Waals surface area contributed by atoms with E-state index in [9.17, 15) is 0 Å². The molecule has 0 amide bonds. The molecule has 0 fully saturated rings. The molecule has 0 saturated heterocycles. The second-order valence-electron chi connectivity index (χ2n) is 6.28. The summed E-state index contributed by atoms with van der Waals surface area (Å²) in [4.78, 5) is 9.35. The third-order valence-corrected chi connectivity index (χ3v) is 5.21. The minimum Gasteiger partial charge on any atom is -0.497 e. The number of fused-ring (bicyclic) bond motifs is 1. The summed E-state index contributed by atoms with van der Waals surface area (Å²) in [6, 6.07) is 15.5. The monoisotopic (exact) mass is 408 g/mol. The van der Waals surface area contributed by atoms with E-state index in [0.29, 0.717) is 0 Å². The zero-order valence-corrected chi connectivity index (χ0v) is 17.4. The smallest absolute Gasteiger partial charge is 0.138 e. The number of aliphatic imine (C=N–C) groups is 1. The molecule has 0 saturated carbocycles. The molecule has 1 aromatic heterocycles. The summed E-state index contributed by atoms with van der Waals surface area (Å²) in [6.07, 6.45) is 5.21. The molecular weight excluding hydrogens is 384 g/mol. The van der Waals surface area contributed by atoms with Crippen molar-refractivity contribution in [3.8, 4) is 17.2 Å². The second kappa shape index (κ2) is 9.95. The fraction of sp³-hybridized carbons (Fsp3) is 0.182. The molecule has 1 unspecified atom stereocenters. The van der Waals surface area contributed by atoms with Crippen LogP contribution in [0.15, 0.2) is 76.4 Å². The van der Waals surface area contributed by atoms with Gasteiger partial charge < -0.3 is 15.2 Å². The molecule has 2 aromatic carbocycles. The van der Waals surface area contributed by atoms with Crippen molar-refractivity contribution in [1.82, 2.24) is 9.71 Å². The second-order valence-corrected chi connectivity index (χ2v) is 7.19. The predicted octanol–water partition coefficient (Wildman–Crippen LogP) is 4.56. The molecule has 0 aliphatic heterocycles. The van der Waals surface area contributed by atoms with Crippen molar-refractivity contribution in [2.75, 3.05) is 14.2 Å². The third-order valence-electron chi connectivity index (χ3n) is 4.23. The largest absolute Gasteiger partial charge is 0.497 e. The number of allylic oxidation sites excluding steroid dienone is 1. The highest BCUT2D eigenvalue weighted by Gasteiger charge is 2.07. The fourth-order valence-electron chi connectivity index (χ4n) is 2.55. The van der Waals surface area contributed by atoms with Crippen LogP contribution in [0.25, 0.3) is 10.9 Å². The number of rotatable bonds is 8. The van der Waals surface area contributed by atoms with Crippen LogP contribution in [0.4, 0.5) is 0 Å². The summed E-state index contributed by atoms with van der Waals surface area (Å²) in [5.41, 5.74) is 7.55. The molecule has 0 aliphatic rings. The lowest BCUT2D eigenvalue weighted by atomic mass is 10.2. The number of nitrogens with one attached hydrogen (secondary N) is 1. The first kappa shape index (κ1) is 20.7. The van der Waals surface area contributed by atoms with E-state index in [2.05, 4.69) is 14.7 Å². The van der Waals surface area contributed by atoms with Gasteiger partial charge in [0.05, 0.1) is 18.7 Å². The minimum absolute atomic E-state index is 0.0223. The molecule has 3 rings (SSSR count). The molecule has 0 spiro atoms. The Bertz CT molecular complexity index is 1020. The Kier molecular flexibility index (Phi) is 7.10. The number of hydrogen-bond acceptors (Lipinski definition) is 7.